The Morgan fingerprint density at radius 2 is 1.83 bits per heavy atom. The summed E-state index contributed by atoms with van der Waals surface area (Å²) in [5, 5.41) is 2.82. The summed E-state index contributed by atoms with van der Waals surface area (Å²) in [5.41, 5.74) is 3.14. The first-order chi connectivity index (χ1) is 13.5. The molecule has 0 bridgehead atoms. The third-order valence-corrected chi connectivity index (χ3v) is 6.16. The van der Waals surface area contributed by atoms with Crippen LogP contribution in [0, 0.1) is 0 Å². The number of amides is 1. The van der Waals surface area contributed by atoms with Gasteiger partial charge in [-0.05, 0) is 47.2 Å². The number of carbonyl (C=O) groups excluding carboxylic acids is 1. The number of benzene rings is 2. The fraction of sp³-hybridized carbons (Fsp3) is 0.409. The van der Waals surface area contributed by atoms with Crippen LogP contribution in [0.3, 0.4) is 0 Å². The molecule has 0 unspecified atom stereocenters. The van der Waals surface area contributed by atoms with Crippen LogP contribution in [0.25, 0.3) is 0 Å². The van der Waals surface area contributed by atoms with Crippen LogP contribution in [0.1, 0.15) is 38.8 Å². The van der Waals surface area contributed by atoms with E-state index in [9.17, 15) is 13.2 Å². The molecular weight excluding hydrogens is 388 g/mol. The van der Waals surface area contributed by atoms with Crippen LogP contribution in [0.5, 0.6) is 5.75 Å². The second kappa shape index (κ2) is 7.71. The van der Waals surface area contributed by atoms with Gasteiger partial charge in [0, 0.05) is 5.69 Å². The van der Waals surface area contributed by atoms with Gasteiger partial charge in [-0.2, -0.15) is 0 Å². The molecule has 29 heavy (non-hydrogen) atoms. The van der Waals surface area contributed by atoms with Gasteiger partial charge in [0.15, 0.2) is 6.10 Å². The first-order valence-corrected chi connectivity index (χ1v) is 11.5. The van der Waals surface area contributed by atoms with Crippen LogP contribution in [-0.4, -0.2) is 33.2 Å². The maximum atomic E-state index is 12.8. The molecule has 1 aliphatic heterocycles. The van der Waals surface area contributed by atoms with E-state index in [1.807, 2.05) is 36.4 Å². The predicted molar refractivity (Wildman–Crippen MR) is 116 cm³/mol. The van der Waals surface area contributed by atoms with Crippen molar-refractivity contribution in [2.75, 3.05) is 22.4 Å². The van der Waals surface area contributed by atoms with E-state index in [0.29, 0.717) is 17.1 Å². The molecule has 0 saturated carbocycles. The van der Waals surface area contributed by atoms with Crippen LogP contribution in [0.2, 0.25) is 0 Å². The van der Waals surface area contributed by atoms with E-state index >= 15 is 0 Å². The van der Waals surface area contributed by atoms with Crippen molar-refractivity contribution in [1.82, 2.24) is 0 Å². The van der Waals surface area contributed by atoms with Gasteiger partial charge in [-0.25, -0.2) is 8.42 Å². The molecule has 7 heteroatoms. The van der Waals surface area contributed by atoms with Crippen molar-refractivity contribution in [1.29, 1.82) is 0 Å². The predicted octanol–water partition coefficient (Wildman–Crippen LogP) is 3.71. The van der Waals surface area contributed by atoms with Crippen LogP contribution in [-0.2, 0) is 26.7 Å². The quantitative estimate of drug-likeness (QED) is 0.824. The van der Waals surface area contributed by atoms with E-state index in [-0.39, 0.29) is 17.9 Å². The molecule has 3 rings (SSSR count). The minimum atomic E-state index is -3.58. The fourth-order valence-electron chi connectivity index (χ4n) is 3.21. The maximum absolute atomic E-state index is 12.8. The van der Waals surface area contributed by atoms with Crippen molar-refractivity contribution in [3.05, 3.63) is 53.6 Å². The van der Waals surface area contributed by atoms with E-state index in [2.05, 4.69) is 33.0 Å². The van der Waals surface area contributed by atoms with Crippen molar-refractivity contribution >= 4 is 27.3 Å². The van der Waals surface area contributed by atoms with Crippen LogP contribution in [0.4, 0.5) is 11.4 Å². The van der Waals surface area contributed by atoms with Gasteiger partial charge in [-0.1, -0.05) is 45.9 Å². The minimum Gasteiger partial charge on any atom is -0.476 e. The van der Waals surface area contributed by atoms with Crippen LogP contribution < -0.4 is 14.4 Å². The Labute approximate surface area is 172 Å². The molecule has 0 fully saturated rings. The summed E-state index contributed by atoms with van der Waals surface area (Å²) < 4.78 is 32.0. The monoisotopic (exact) mass is 416 g/mol. The molecule has 1 atom stereocenters. The summed E-state index contributed by atoms with van der Waals surface area (Å²) in [4.78, 5) is 12.8. The summed E-state index contributed by atoms with van der Waals surface area (Å²) in [6.07, 6.45) is 1.12. The standard InChI is InChI=1S/C22H28N2O4S/c1-6-15-7-10-17(11-8-15)23-21(25)20-14-24(29(5,26)27)18-13-16(22(2,3)4)9-12-19(18)28-20/h7-13,20H,6,14H2,1-5H3,(H,23,25)/t20-/m1/s1. The topological polar surface area (TPSA) is 75.7 Å². The molecule has 0 saturated heterocycles. The highest BCUT2D eigenvalue weighted by Crippen LogP contribution is 2.38. The highest BCUT2D eigenvalue weighted by molar-refractivity contribution is 7.92. The molecule has 156 valence electrons. The number of hydrogen-bond donors (Lipinski definition) is 1. The van der Waals surface area contributed by atoms with Crippen molar-refractivity contribution in [2.45, 2.75) is 45.6 Å². The molecule has 0 spiro atoms. The van der Waals surface area contributed by atoms with Crippen LogP contribution >= 0.6 is 0 Å². The van der Waals surface area contributed by atoms with E-state index in [1.54, 1.807) is 6.07 Å². The average Bonchev–Trinajstić information content (AvgIpc) is 2.65. The molecule has 0 aromatic heterocycles. The smallest absolute Gasteiger partial charge is 0.267 e. The zero-order chi connectivity index (χ0) is 21.4. The van der Waals surface area contributed by atoms with Crippen molar-refractivity contribution < 1.29 is 17.9 Å². The van der Waals surface area contributed by atoms with Gasteiger partial charge in [0.05, 0.1) is 18.5 Å². The summed E-state index contributed by atoms with van der Waals surface area (Å²) in [6, 6.07) is 13.0. The largest absolute Gasteiger partial charge is 0.476 e. The first kappa shape index (κ1) is 21.2. The van der Waals surface area contributed by atoms with Gasteiger partial charge in [-0.15, -0.1) is 0 Å². The highest BCUT2D eigenvalue weighted by atomic mass is 32.2. The Kier molecular flexibility index (Phi) is 5.63. The van der Waals surface area contributed by atoms with Gasteiger partial charge >= 0.3 is 0 Å². The summed E-state index contributed by atoms with van der Waals surface area (Å²) in [6.45, 7) is 8.17. The molecular formula is C22H28N2O4S. The summed E-state index contributed by atoms with van der Waals surface area (Å²) >= 11 is 0. The number of ether oxygens (including phenoxy) is 1. The Hall–Kier alpha value is -2.54. The molecule has 1 aliphatic rings. The third kappa shape index (κ3) is 4.72. The zero-order valence-electron chi connectivity index (χ0n) is 17.5. The molecule has 6 nitrogen and oxygen atoms in total. The number of nitrogens with one attached hydrogen (secondary N) is 1. The minimum absolute atomic E-state index is 0.0711. The van der Waals surface area contributed by atoms with Crippen molar-refractivity contribution in [3.63, 3.8) is 0 Å². The van der Waals surface area contributed by atoms with Crippen LogP contribution in [0.15, 0.2) is 42.5 Å². The molecule has 1 N–H and O–H groups in total. The van der Waals surface area contributed by atoms with E-state index < -0.39 is 16.1 Å². The molecule has 2 aromatic carbocycles. The van der Waals surface area contributed by atoms with E-state index in [0.717, 1.165) is 18.2 Å². The number of anilines is 2. The second-order valence-corrected chi connectivity index (χ2v) is 10.3. The molecule has 1 amide bonds. The number of carbonyl (C=O) groups is 1. The average molecular weight is 417 g/mol. The second-order valence-electron chi connectivity index (χ2n) is 8.37. The number of rotatable bonds is 4. The summed E-state index contributed by atoms with van der Waals surface area (Å²) in [5.74, 6) is 0.00426. The fourth-order valence-corrected chi connectivity index (χ4v) is 4.12. The lowest BCUT2D eigenvalue weighted by Crippen LogP contribution is -2.48. The Morgan fingerprint density at radius 1 is 1.17 bits per heavy atom. The third-order valence-electron chi connectivity index (χ3n) is 5.02. The lowest BCUT2D eigenvalue weighted by Gasteiger charge is -2.35. The number of fused-ring (bicyclic) bond motifs is 1. The SMILES string of the molecule is CCc1ccc(NC(=O)[C@H]2CN(S(C)(=O)=O)c3cc(C(C)(C)C)ccc3O2)cc1. The number of hydrogen-bond acceptors (Lipinski definition) is 4. The van der Waals surface area contributed by atoms with Gasteiger partial charge < -0.3 is 10.1 Å². The number of sulfonamides is 1. The van der Waals surface area contributed by atoms with Gasteiger partial charge in [0.1, 0.15) is 5.75 Å². The molecule has 1 heterocycles. The number of aryl methyl sites for hydroxylation is 1. The van der Waals surface area contributed by atoms with Crippen molar-refractivity contribution in [2.24, 2.45) is 0 Å². The molecule has 0 radical (unpaired) electrons. The molecule has 2 aromatic rings. The van der Waals surface area contributed by atoms with Gasteiger partial charge in [0.2, 0.25) is 10.0 Å². The Morgan fingerprint density at radius 3 is 2.38 bits per heavy atom. The lowest BCUT2D eigenvalue weighted by molar-refractivity contribution is -0.122. The molecule has 0 aliphatic carbocycles. The van der Waals surface area contributed by atoms with Gasteiger partial charge in [-0.3, -0.25) is 9.10 Å². The van der Waals surface area contributed by atoms with E-state index in [1.165, 1.54) is 9.87 Å². The van der Waals surface area contributed by atoms with E-state index in [4.69, 9.17) is 4.74 Å². The Bertz CT molecular complexity index is 1010. The van der Waals surface area contributed by atoms with Gasteiger partial charge in [0.25, 0.3) is 5.91 Å². The lowest BCUT2D eigenvalue weighted by atomic mass is 9.86. The Balaban J connectivity index is 1.89. The normalized spacial score (nSPS) is 16.7. The maximum Gasteiger partial charge on any atom is 0.267 e. The zero-order valence-corrected chi connectivity index (χ0v) is 18.3. The number of nitrogens with zero attached hydrogens (tertiary/aromatic N) is 1. The van der Waals surface area contributed by atoms with Crippen molar-refractivity contribution in [3.8, 4) is 5.75 Å². The summed E-state index contributed by atoms with van der Waals surface area (Å²) in [7, 11) is -3.58. The highest BCUT2D eigenvalue weighted by Gasteiger charge is 2.35. The first-order valence-electron chi connectivity index (χ1n) is 9.67.